The SMILES string of the molecule is Cc1cccc(-c2nnc3n2S(=O)(=O)c2cc(C)c(Cl)cc2S3)c1. The zero-order valence-electron chi connectivity index (χ0n) is 12.8. The summed E-state index contributed by atoms with van der Waals surface area (Å²) >= 11 is 7.39. The molecule has 0 atom stereocenters. The van der Waals surface area contributed by atoms with Crippen molar-refractivity contribution in [3.05, 3.63) is 52.5 Å². The lowest BCUT2D eigenvalue weighted by molar-refractivity contribution is 0.578. The van der Waals surface area contributed by atoms with Crippen LogP contribution in [0.2, 0.25) is 5.02 Å². The Balaban J connectivity index is 1.98. The number of aromatic nitrogens is 3. The second-order valence-corrected chi connectivity index (χ2v) is 8.77. The fraction of sp³-hybridized carbons (Fsp3) is 0.125. The molecule has 0 saturated carbocycles. The summed E-state index contributed by atoms with van der Waals surface area (Å²) in [4.78, 5) is 0.803. The van der Waals surface area contributed by atoms with Gasteiger partial charge in [-0.15, -0.1) is 10.2 Å². The summed E-state index contributed by atoms with van der Waals surface area (Å²) < 4.78 is 27.5. The van der Waals surface area contributed by atoms with Crippen LogP contribution < -0.4 is 0 Å². The van der Waals surface area contributed by atoms with Gasteiger partial charge in [-0.3, -0.25) is 0 Å². The Morgan fingerprint density at radius 1 is 1.12 bits per heavy atom. The van der Waals surface area contributed by atoms with E-state index in [0.717, 1.165) is 5.56 Å². The third-order valence-electron chi connectivity index (χ3n) is 3.82. The fourth-order valence-corrected chi connectivity index (χ4v) is 5.92. The summed E-state index contributed by atoms with van der Waals surface area (Å²) in [7, 11) is -3.78. The number of halogens is 1. The van der Waals surface area contributed by atoms with E-state index in [0.29, 0.717) is 32.0 Å². The first-order chi connectivity index (χ1) is 11.4. The maximum Gasteiger partial charge on any atom is 0.272 e. The highest BCUT2D eigenvalue weighted by molar-refractivity contribution is 8.01. The monoisotopic (exact) mass is 377 g/mol. The largest absolute Gasteiger partial charge is 0.272 e. The second-order valence-electron chi connectivity index (χ2n) is 5.60. The van der Waals surface area contributed by atoms with E-state index in [4.69, 9.17) is 11.6 Å². The molecule has 3 aromatic rings. The van der Waals surface area contributed by atoms with Gasteiger partial charge >= 0.3 is 0 Å². The van der Waals surface area contributed by atoms with Gasteiger partial charge in [-0.1, -0.05) is 35.4 Å². The molecule has 1 aromatic heterocycles. The molecule has 0 saturated heterocycles. The van der Waals surface area contributed by atoms with Crippen molar-refractivity contribution in [2.24, 2.45) is 0 Å². The minimum Gasteiger partial charge on any atom is -0.201 e. The lowest BCUT2D eigenvalue weighted by atomic mass is 10.1. The molecule has 0 bridgehead atoms. The van der Waals surface area contributed by atoms with E-state index in [2.05, 4.69) is 10.2 Å². The van der Waals surface area contributed by atoms with Gasteiger partial charge in [0.05, 0.1) is 0 Å². The van der Waals surface area contributed by atoms with Gasteiger partial charge in [-0.05, 0) is 49.4 Å². The topological polar surface area (TPSA) is 64.8 Å². The quantitative estimate of drug-likeness (QED) is 0.503. The Bertz CT molecular complexity index is 1090. The number of rotatable bonds is 1. The van der Waals surface area contributed by atoms with Crippen molar-refractivity contribution < 1.29 is 8.42 Å². The average molecular weight is 378 g/mol. The highest BCUT2D eigenvalue weighted by Crippen LogP contribution is 2.43. The van der Waals surface area contributed by atoms with Gasteiger partial charge in [0.2, 0.25) is 5.16 Å². The van der Waals surface area contributed by atoms with Crippen LogP contribution in [0.3, 0.4) is 0 Å². The van der Waals surface area contributed by atoms with Crippen LogP contribution in [0.25, 0.3) is 11.4 Å². The Morgan fingerprint density at radius 2 is 1.92 bits per heavy atom. The Labute approximate surface area is 148 Å². The molecule has 122 valence electrons. The van der Waals surface area contributed by atoms with Gasteiger partial charge in [0.25, 0.3) is 10.0 Å². The minimum atomic E-state index is -3.78. The van der Waals surface area contributed by atoms with Gasteiger partial charge < -0.3 is 0 Å². The molecule has 8 heteroatoms. The van der Waals surface area contributed by atoms with Crippen LogP contribution in [0.15, 0.2) is 51.3 Å². The number of fused-ring (bicyclic) bond motifs is 2. The molecule has 2 aromatic carbocycles. The maximum absolute atomic E-state index is 13.1. The van der Waals surface area contributed by atoms with Crippen LogP contribution in [-0.4, -0.2) is 22.6 Å². The summed E-state index contributed by atoms with van der Waals surface area (Å²) in [6, 6.07) is 10.8. The molecular weight excluding hydrogens is 366 g/mol. The van der Waals surface area contributed by atoms with Crippen LogP contribution in [0, 0.1) is 13.8 Å². The highest BCUT2D eigenvalue weighted by atomic mass is 35.5. The van der Waals surface area contributed by atoms with E-state index in [1.807, 2.05) is 31.2 Å². The molecule has 1 aliphatic heterocycles. The number of hydrogen-bond acceptors (Lipinski definition) is 5. The van der Waals surface area contributed by atoms with E-state index in [1.54, 1.807) is 19.1 Å². The number of aryl methyl sites for hydroxylation is 2. The molecule has 0 unspecified atom stereocenters. The summed E-state index contributed by atoms with van der Waals surface area (Å²) in [5, 5.41) is 9.03. The smallest absolute Gasteiger partial charge is 0.201 e. The van der Waals surface area contributed by atoms with Gasteiger partial charge in [-0.25, -0.2) is 8.42 Å². The summed E-state index contributed by atoms with van der Waals surface area (Å²) in [6.45, 7) is 3.73. The lowest BCUT2D eigenvalue weighted by Crippen LogP contribution is -2.19. The van der Waals surface area contributed by atoms with Gasteiger partial charge in [0.1, 0.15) is 4.90 Å². The van der Waals surface area contributed by atoms with Crippen molar-refractivity contribution >= 4 is 33.4 Å². The molecule has 0 amide bonds. The number of nitrogens with zero attached hydrogens (tertiary/aromatic N) is 3. The minimum absolute atomic E-state index is 0.232. The van der Waals surface area contributed by atoms with Crippen molar-refractivity contribution in [3.63, 3.8) is 0 Å². The number of benzene rings is 2. The van der Waals surface area contributed by atoms with Crippen LogP contribution in [-0.2, 0) is 10.0 Å². The predicted molar refractivity (Wildman–Crippen MR) is 93.1 cm³/mol. The molecule has 1 aliphatic rings. The summed E-state index contributed by atoms with van der Waals surface area (Å²) in [5.74, 6) is 0.319. The molecule has 0 spiro atoms. The third kappa shape index (κ3) is 2.27. The maximum atomic E-state index is 13.1. The first-order valence-corrected chi connectivity index (χ1v) is 9.77. The lowest BCUT2D eigenvalue weighted by Gasteiger charge is -2.19. The van der Waals surface area contributed by atoms with Gasteiger partial charge in [0, 0.05) is 15.5 Å². The van der Waals surface area contributed by atoms with Crippen LogP contribution in [0.5, 0.6) is 0 Å². The van der Waals surface area contributed by atoms with E-state index < -0.39 is 10.0 Å². The van der Waals surface area contributed by atoms with E-state index in [9.17, 15) is 8.42 Å². The molecule has 0 fully saturated rings. The normalized spacial score (nSPS) is 15.0. The zero-order chi connectivity index (χ0) is 17.1. The Kier molecular flexibility index (Phi) is 3.49. The molecule has 4 rings (SSSR count). The molecule has 5 nitrogen and oxygen atoms in total. The fourth-order valence-electron chi connectivity index (χ4n) is 2.61. The zero-order valence-corrected chi connectivity index (χ0v) is 15.2. The van der Waals surface area contributed by atoms with Crippen molar-refractivity contribution in [1.29, 1.82) is 0 Å². The molecule has 0 radical (unpaired) electrons. The van der Waals surface area contributed by atoms with Crippen LogP contribution >= 0.6 is 23.4 Å². The molecule has 0 N–H and O–H groups in total. The average Bonchev–Trinajstić information content (AvgIpc) is 2.95. The van der Waals surface area contributed by atoms with E-state index in [-0.39, 0.29) is 4.90 Å². The van der Waals surface area contributed by atoms with Crippen molar-refractivity contribution in [2.45, 2.75) is 28.8 Å². The summed E-state index contributed by atoms with van der Waals surface area (Å²) in [6.07, 6.45) is 0. The summed E-state index contributed by atoms with van der Waals surface area (Å²) in [5.41, 5.74) is 2.45. The Morgan fingerprint density at radius 3 is 2.67 bits per heavy atom. The van der Waals surface area contributed by atoms with E-state index >= 15 is 0 Å². The van der Waals surface area contributed by atoms with Crippen molar-refractivity contribution in [1.82, 2.24) is 14.2 Å². The number of hydrogen-bond donors (Lipinski definition) is 0. The predicted octanol–water partition coefficient (Wildman–Crippen LogP) is 3.92. The molecule has 24 heavy (non-hydrogen) atoms. The first kappa shape index (κ1) is 15.7. The first-order valence-electron chi connectivity index (χ1n) is 7.14. The van der Waals surface area contributed by atoms with Gasteiger partial charge in [0.15, 0.2) is 5.82 Å². The molecule has 2 heterocycles. The molecule has 0 aliphatic carbocycles. The Hall–Kier alpha value is -1.83. The van der Waals surface area contributed by atoms with E-state index in [1.165, 1.54) is 15.7 Å². The van der Waals surface area contributed by atoms with Gasteiger partial charge in [-0.2, -0.15) is 3.97 Å². The van der Waals surface area contributed by atoms with Crippen LogP contribution in [0.1, 0.15) is 11.1 Å². The van der Waals surface area contributed by atoms with Crippen LogP contribution in [0.4, 0.5) is 0 Å². The van der Waals surface area contributed by atoms with Crippen molar-refractivity contribution in [2.75, 3.05) is 0 Å². The standard InChI is InChI=1S/C16H12ClN3O2S2/c1-9-4-3-5-11(6-9)15-18-19-16-20(15)24(21,22)14-7-10(2)12(17)8-13(14)23-16/h3-8H,1-2H3. The molecular formula is C16H12ClN3O2S2. The second kappa shape index (κ2) is 5.34. The third-order valence-corrected chi connectivity index (χ3v) is 7.19. The van der Waals surface area contributed by atoms with Crippen molar-refractivity contribution in [3.8, 4) is 11.4 Å². The highest BCUT2D eigenvalue weighted by Gasteiger charge is 2.34.